The van der Waals surface area contributed by atoms with Gasteiger partial charge in [-0.15, -0.1) is 0 Å². The number of hydrogen-bond donors (Lipinski definition) is 1. The van der Waals surface area contributed by atoms with Gasteiger partial charge in [-0.25, -0.2) is 0 Å². The number of ether oxygens (including phenoxy) is 1. The third-order valence-electron chi connectivity index (χ3n) is 3.84. The molecule has 1 saturated carbocycles. The zero-order chi connectivity index (χ0) is 13.2. The fourth-order valence-corrected chi connectivity index (χ4v) is 2.65. The molecule has 0 atom stereocenters. The van der Waals surface area contributed by atoms with E-state index in [0.717, 1.165) is 38.6 Å². The van der Waals surface area contributed by atoms with Crippen LogP contribution in [0.5, 0.6) is 0 Å². The predicted octanol–water partition coefficient (Wildman–Crippen LogP) is 2.68. The zero-order valence-corrected chi connectivity index (χ0v) is 12.2. The van der Waals surface area contributed by atoms with Crippen molar-refractivity contribution in [3.63, 3.8) is 0 Å². The maximum atomic E-state index is 9.16. The van der Waals surface area contributed by atoms with Crippen LogP contribution in [0.2, 0.25) is 0 Å². The quantitative estimate of drug-likeness (QED) is 0.645. The lowest BCUT2D eigenvalue weighted by Crippen LogP contribution is -2.40. The lowest BCUT2D eigenvalue weighted by Gasteiger charge is -2.33. The van der Waals surface area contributed by atoms with Crippen LogP contribution in [0.25, 0.3) is 0 Å². The van der Waals surface area contributed by atoms with Crippen molar-refractivity contribution < 1.29 is 9.84 Å². The lowest BCUT2D eigenvalue weighted by molar-refractivity contribution is 0.0618. The van der Waals surface area contributed by atoms with Crippen molar-refractivity contribution >= 4 is 0 Å². The topological polar surface area (TPSA) is 32.7 Å². The van der Waals surface area contributed by atoms with Crippen LogP contribution < -0.4 is 0 Å². The fraction of sp³-hybridized carbons (Fsp3) is 1.00. The first-order chi connectivity index (χ1) is 8.74. The summed E-state index contributed by atoms with van der Waals surface area (Å²) in [6.45, 7) is 8.18. The zero-order valence-electron chi connectivity index (χ0n) is 12.2. The van der Waals surface area contributed by atoms with Crippen LogP contribution in [0.3, 0.4) is 0 Å². The largest absolute Gasteiger partial charge is 0.395 e. The summed E-state index contributed by atoms with van der Waals surface area (Å²) in [5.74, 6) is 0.719. The molecule has 1 aliphatic carbocycles. The summed E-state index contributed by atoms with van der Waals surface area (Å²) in [7, 11) is 0. The fourth-order valence-electron chi connectivity index (χ4n) is 2.65. The molecule has 108 valence electrons. The molecule has 0 aromatic rings. The summed E-state index contributed by atoms with van der Waals surface area (Å²) in [5, 5.41) is 9.16. The standard InChI is InChI=1S/C15H31NO2/c1-14(2)8-12-18-13-10-16(9-11-17)15-6-4-3-5-7-15/h14-15,17H,3-13H2,1-2H3. The van der Waals surface area contributed by atoms with E-state index in [1.165, 1.54) is 32.1 Å². The monoisotopic (exact) mass is 257 g/mol. The van der Waals surface area contributed by atoms with Gasteiger partial charge in [0.25, 0.3) is 0 Å². The molecule has 0 saturated heterocycles. The Kier molecular flexibility index (Phi) is 8.64. The molecule has 1 aliphatic rings. The molecule has 0 amide bonds. The van der Waals surface area contributed by atoms with E-state index in [0.29, 0.717) is 6.04 Å². The Bertz CT molecular complexity index is 191. The highest BCUT2D eigenvalue weighted by molar-refractivity contribution is 4.75. The van der Waals surface area contributed by atoms with Gasteiger partial charge in [0.2, 0.25) is 0 Å². The van der Waals surface area contributed by atoms with Gasteiger partial charge < -0.3 is 9.84 Å². The van der Waals surface area contributed by atoms with E-state index < -0.39 is 0 Å². The lowest BCUT2D eigenvalue weighted by atomic mass is 9.94. The van der Waals surface area contributed by atoms with Gasteiger partial charge in [0, 0.05) is 25.7 Å². The minimum absolute atomic E-state index is 0.266. The highest BCUT2D eigenvalue weighted by Crippen LogP contribution is 2.22. The molecule has 18 heavy (non-hydrogen) atoms. The van der Waals surface area contributed by atoms with Gasteiger partial charge in [-0.3, -0.25) is 4.90 Å². The summed E-state index contributed by atoms with van der Waals surface area (Å²) in [6, 6.07) is 0.680. The Morgan fingerprint density at radius 2 is 1.83 bits per heavy atom. The molecule has 1 fully saturated rings. The van der Waals surface area contributed by atoms with Crippen LogP contribution >= 0.6 is 0 Å². The van der Waals surface area contributed by atoms with Crippen LogP contribution in [-0.2, 0) is 4.74 Å². The van der Waals surface area contributed by atoms with E-state index in [4.69, 9.17) is 9.84 Å². The molecule has 0 bridgehead atoms. The molecule has 0 unspecified atom stereocenters. The average molecular weight is 257 g/mol. The first-order valence-electron chi connectivity index (χ1n) is 7.66. The van der Waals surface area contributed by atoms with Crippen molar-refractivity contribution in [2.24, 2.45) is 5.92 Å². The predicted molar refractivity (Wildman–Crippen MR) is 75.8 cm³/mol. The van der Waals surface area contributed by atoms with Gasteiger partial charge in [-0.1, -0.05) is 33.1 Å². The highest BCUT2D eigenvalue weighted by Gasteiger charge is 2.20. The van der Waals surface area contributed by atoms with Gasteiger partial charge in [-0.05, 0) is 25.2 Å². The van der Waals surface area contributed by atoms with E-state index in [2.05, 4.69) is 18.7 Å². The van der Waals surface area contributed by atoms with Crippen LogP contribution in [0.15, 0.2) is 0 Å². The summed E-state index contributed by atoms with van der Waals surface area (Å²) in [5.41, 5.74) is 0. The molecule has 0 aromatic carbocycles. The molecule has 1 rings (SSSR count). The molecule has 0 aromatic heterocycles. The molecular weight excluding hydrogens is 226 g/mol. The Labute approximate surface area is 113 Å². The van der Waals surface area contributed by atoms with Crippen molar-refractivity contribution in [1.82, 2.24) is 4.90 Å². The van der Waals surface area contributed by atoms with Gasteiger partial charge >= 0.3 is 0 Å². The van der Waals surface area contributed by atoms with E-state index in [1.807, 2.05) is 0 Å². The first kappa shape index (κ1) is 15.9. The van der Waals surface area contributed by atoms with Gasteiger partial charge in [0.1, 0.15) is 0 Å². The second kappa shape index (κ2) is 9.76. The first-order valence-corrected chi connectivity index (χ1v) is 7.66. The Morgan fingerprint density at radius 1 is 1.11 bits per heavy atom. The molecule has 3 heteroatoms. The molecule has 0 heterocycles. The van der Waals surface area contributed by atoms with Crippen molar-refractivity contribution in [2.75, 3.05) is 32.9 Å². The summed E-state index contributed by atoms with van der Waals surface area (Å²) < 4.78 is 5.69. The van der Waals surface area contributed by atoms with Crippen molar-refractivity contribution in [3.8, 4) is 0 Å². The van der Waals surface area contributed by atoms with Gasteiger partial charge in [0.05, 0.1) is 13.2 Å². The van der Waals surface area contributed by atoms with Crippen LogP contribution in [0, 0.1) is 5.92 Å². The van der Waals surface area contributed by atoms with Crippen LogP contribution in [0.4, 0.5) is 0 Å². The Hall–Kier alpha value is -0.120. The van der Waals surface area contributed by atoms with E-state index in [1.54, 1.807) is 0 Å². The van der Waals surface area contributed by atoms with Gasteiger partial charge in [-0.2, -0.15) is 0 Å². The summed E-state index contributed by atoms with van der Waals surface area (Å²) in [4.78, 5) is 2.43. The number of aliphatic hydroxyl groups excluding tert-OH is 1. The SMILES string of the molecule is CC(C)CCOCCN(CCO)C1CCCCC1. The number of nitrogens with zero attached hydrogens (tertiary/aromatic N) is 1. The molecule has 0 radical (unpaired) electrons. The van der Waals surface area contributed by atoms with Gasteiger partial charge in [0.15, 0.2) is 0 Å². The summed E-state index contributed by atoms with van der Waals surface area (Å²) >= 11 is 0. The smallest absolute Gasteiger partial charge is 0.0593 e. The second-order valence-corrected chi connectivity index (χ2v) is 5.85. The number of rotatable bonds is 9. The normalized spacial score (nSPS) is 17.8. The molecule has 0 spiro atoms. The molecule has 1 N–H and O–H groups in total. The number of hydrogen-bond acceptors (Lipinski definition) is 3. The minimum atomic E-state index is 0.266. The minimum Gasteiger partial charge on any atom is -0.395 e. The Morgan fingerprint density at radius 3 is 2.44 bits per heavy atom. The third kappa shape index (κ3) is 6.72. The van der Waals surface area contributed by atoms with Crippen LogP contribution in [-0.4, -0.2) is 49.0 Å². The maximum Gasteiger partial charge on any atom is 0.0593 e. The molecule has 0 aliphatic heterocycles. The third-order valence-corrected chi connectivity index (χ3v) is 3.84. The van der Waals surface area contributed by atoms with Crippen molar-refractivity contribution in [2.45, 2.75) is 58.4 Å². The maximum absolute atomic E-state index is 9.16. The summed E-state index contributed by atoms with van der Waals surface area (Å²) in [6.07, 6.45) is 7.82. The Balaban J connectivity index is 2.16. The second-order valence-electron chi connectivity index (χ2n) is 5.85. The highest BCUT2D eigenvalue weighted by atomic mass is 16.5. The van der Waals surface area contributed by atoms with E-state index >= 15 is 0 Å². The van der Waals surface area contributed by atoms with Crippen molar-refractivity contribution in [1.29, 1.82) is 0 Å². The van der Waals surface area contributed by atoms with Crippen LogP contribution in [0.1, 0.15) is 52.4 Å². The van der Waals surface area contributed by atoms with E-state index in [9.17, 15) is 0 Å². The van der Waals surface area contributed by atoms with Crippen molar-refractivity contribution in [3.05, 3.63) is 0 Å². The number of aliphatic hydroxyl groups is 1. The molecule has 3 nitrogen and oxygen atoms in total. The average Bonchev–Trinajstić information content (AvgIpc) is 2.38. The van der Waals surface area contributed by atoms with E-state index in [-0.39, 0.29) is 6.61 Å². The molecular formula is C15H31NO2.